The van der Waals surface area contributed by atoms with Crippen molar-refractivity contribution in [3.05, 3.63) is 28.2 Å². The molecule has 90 valence electrons. The Hall–Kier alpha value is -0.830. The normalized spacial score (nSPS) is 29.9. The summed E-state index contributed by atoms with van der Waals surface area (Å²) in [4.78, 5) is 12.1. The van der Waals surface area contributed by atoms with Crippen LogP contribution in [0.3, 0.4) is 0 Å². The molecule has 0 spiro atoms. The highest BCUT2D eigenvalue weighted by atomic mass is 79.9. The van der Waals surface area contributed by atoms with Crippen molar-refractivity contribution in [2.75, 3.05) is 5.32 Å². The van der Waals surface area contributed by atoms with Crippen molar-refractivity contribution in [1.29, 1.82) is 0 Å². The van der Waals surface area contributed by atoms with Gasteiger partial charge in [0, 0.05) is 16.1 Å². The fourth-order valence-electron chi connectivity index (χ4n) is 3.11. The molecule has 2 fully saturated rings. The molecule has 2 aliphatic carbocycles. The fraction of sp³-hybridized carbons (Fsp3) is 0.500. The molecule has 2 nitrogen and oxygen atoms in total. The Balaban J connectivity index is 1.67. The Labute approximate surface area is 110 Å². The second-order valence-electron chi connectivity index (χ2n) is 5.24. The molecular weight excluding hydrogens is 278 g/mol. The molecule has 0 radical (unpaired) electrons. The number of hydrogen-bond donors (Lipinski definition) is 1. The molecule has 0 aromatic heterocycles. The number of carbonyl (C=O) groups excluding carboxylic acids is 1. The van der Waals surface area contributed by atoms with Gasteiger partial charge in [0.2, 0.25) is 5.91 Å². The zero-order valence-corrected chi connectivity index (χ0v) is 11.5. The van der Waals surface area contributed by atoms with Crippen LogP contribution in [0.15, 0.2) is 22.7 Å². The average molecular weight is 294 g/mol. The second kappa shape index (κ2) is 4.13. The zero-order valence-electron chi connectivity index (χ0n) is 9.87. The molecular formula is C14H16BrNO. The van der Waals surface area contributed by atoms with Gasteiger partial charge in [-0.15, -0.1) is 0 Å². The van der Waals surface area contributed by atoms with Crippen molar-refractivity contribution in [1.82, 2.24) is 0 Å². The van der Waals surface area contributed by atoms with E-state index in [0.717, 1.165) is 10.2 Å². The number of fused-ring (bicyclic) bond motifs is 1. The van der Waals surface area contributed by atoms with Crippen molar-refractivity contribution in [2.24, 2.45) is 17.8 Å². The minimum atomic E-state index is 0.218. The number of hydrogen-bond acceptors (Lipinski definition) is 1. The molecule has 0 saturated heterocycles. The summed E-state index contributed by atoms with van der Waals surface area (Å²) in [7, 11) is 0. The molecule has 0 bridgehead atoms. The first-order valence-electron chi connectivity index (χ1n) is 6.24. The van der Waals surface area contributed by atoms with Crippen molar-refractivity contribution in [2.45, 2.75) is 26.2 Å². The van der Waals surface area contributed by atoms with Crippen LogP contribution in [0.5, 0.6) is 0 Å². The van der Waals surface area contributed by atoms with E-state index in [1.54, 1.807) is 0 Å². The van der Waals surface area contributed by atoms with Crippen molar-refractivity contribution < 1.29 is 4.79 Å². The average Bonchev–Trinajstić information content (AvgIpc) is 2.78. The Morgan fingerprint density at radius 1 is 1.35 bits per heavy atom. The number of anilines is 1. The van der Waals surface area contributed by atoms with Gasteiger partial charge < -0.3 is 5.32 Å². The summed E-state index contributed by atoms with van der Waals surface area (Å²) in [6.45, 7) is 2.04. The first-order valence-corrected chi connectivity index (χ1v) is 7.03. The predicted molar refractivity (Wildman–Crippen MR) is 71.8 cm³/mol. The maximum absolute atomic E-state index is 12.1. The number of aryl methyl sites for hydroxylation is 1. The van der Waals surface area contributed by atoms with E-state index in [4.69, 9.17) is 0 Å². The first kappa shape index (κ1) is 11.3. The Morgan fingerprint density at radius 2 is 2.06 bits per heavy atom. The molecule has 1 amide bonds. The monoisotopic (exact) mass is 293 g/mol. The van der Waals surface area contributed by atoms with E-state index in [0.29, 0.717) is 17.8 Å². The molecule has 1 aromatic rings. The van der Waals surface area contributed by atoms with Crippen LogP contribution in [0.4, 0.5) is 5.69 Å². The fourth-order valence-corrected chi connectivity index (χ4v) is 3.49. The third-order valence-corrected chi connectivity index (χ3v) is 5.00. The van der Waals surface area contributed by atoms with Crippen LogP contribution in [-0.2, 0) is 4.79 Å². The molecule has 1 aromatic carbocycles. The molecule has 0 aliphatic heterocycles. The number of benzene rings is 1. The van der Waals surface area contributed by atoms with Gasteiger partial charge in [-0.3, -0.25) is 4.79 Å². The highest BCUT2D eigenvalue weighted by molar-refractivity contribution is 9.10. The third kappa shape index (κ3) is 2.01. The maximum atomic E-state index is 12.1. The zero-order chi connectivity index (χ0) is 12.0. The van der Waals surface area contributed by atoms with E-state index in [1.807, 2.05) is 25.1 Å². The molecule has 0 heterocycles. The van der Waals surface area contributed by atoms with Gasteiger partial charge in [-0.25, -0.2) is 0 Å². The lowest BCUT2D eigenvalue weighted by atomic mass is 10.1. The van der Waals surface area contributed by atoms with Gasteiger partial charge in [0.1, 0.15) is 0 Å². The van der Waals surface area contributed by atoms with Crippen LogP contribution in [0.25, 0.3) is 0 Å². The first-order chi connectivity index (χ1) is 8.16. The lowest BCUT2D eigenvalue weighted by Crippen LogP contribution is -2.16. The summed E-state index contributed by atoms with van der Waals surface area (Å²) in [6, 6.07) is 5.97. The lowest BCUT2D eigenvalue weighted by Gasteiger charge is -2.08. The second-order valence-corrected chi connectivity index (χ2v) is 6.09. The third-order valence-electron chi connectivity index (χ3n) is 4.15. The van der Waals surface area contributed by atoms with E-state index < -0.39 is 0 Å². The Bertz CT molecular complexity index is 461. The minimum absolute atomic E-state index is 0.218. The van der Waals surface area contributed by atoms with Crippen molar-refractivity contribution >= 4 is 27.5 Å². The van der Waals surface area contributed by atoms with Crippen molar-refractivity contribution in [3.8, 4) is 0 Å². The van der Waals surface area contributed by atoms with Gasteiger partial charge in [0.05, 0.1) is 0 Å². The molecule has 3 rings (SSSR count). The summed E-state index contributed by atoms with van der Waals surface area (Å²) >= 11 is 3.49. The lowest BCUT2D eigenvalue weighted by molar-refractivity contribution is -0.118. The van der Waals surface area contributed by atoms with Gasteiger partial charge in [-0.05, 0) is 49.3 Å². The van der Waals surface area contributed by atoms with E-state index >= 15 is 0 Å². The maximum Gasteiger partial charge on any atom is 0.228 e. The largest absolute Gasteiger partial charge is 0.326 e. The SMILES string of the molecule is Cc1ccc(NC(=O)C2C3CCCC32)cc1Br. The molecule has 2 saturated carbocycles. The number of amides is 1. The predicted octanol–water partition coefficient (Wildman–Crippen LogP) is 3.74. The summed E-state index contributed by atoms with van der Waals surface area (Å²) in [5, 5.41) is 3.03. The van der Waals surface area contributed by atoms with Crippen LogP contribution >= 0.6 is 15.9 Å². The smallest absolute Gasteiger partial charge is 0.228 e. The molecule has 17 heavy (non-hydrogen) atoms. The summed E-state index contributed by atoms with van der Waals surface area (Å²) in [6.07, 6.45) is 3.82. The number of rotatable bonds is 2. The van der Waals surface area contributed by atoms with Gasteiger partial charge in [-0.1, -0.05) is 28.4 Å². The molecule has 2 atom stereocenters. The van der Waals surface area contributed by atoms with E-state index in [9.17, 15) is 4.79 Å². The number of carbonyl (C=O) groups is 1. The van der Waals surface area contributed by atoms with Gasteiger partial charge in [0.15, 0.2) is 0 Å². The van der Waals surface area contributed by atoms with Crippen molar-refractivity contribution in [3.63, 3.8) is 0 Å². The molecule has 1 N–H and O–H groups in total. The summed E-state index contributed by atoms with van der Waals surface area (Å²) < 4.78 is 1.05. The number of halogens is 1. The van der Waals surface area contributed by atoms with Gasteiger partial charge >= 0.3 is 0 Å². The Kier molecular flexibility index (Phi) is 2.74. The molecule has 3 heteroatoms. The van der Waals surface area contributed by atoms with Gasteiger partial charge in [-0.2, -0.15) is 0 Å². The van der Waals surface area contributed by atoms with Crippen LogP contribution in [0.2, 0.25) is 0 Å². The highest BCUT2D eigenvalue weighted by Gasteiger charge is 2.56. The minimum Gasteiger partial charge on any atom is -0.326 e. The van der Waals surface area contributed by atoms with E-state index in [-0.39, 0.29) is 5.91 Å². The molecule has 2 unspecified atom stereocenters. The summed E-state index contributed by atoms with van der Waals surface area (Å²) in [5.74, 6) is 1.88. The standard InChI is InChI=1S/C14H16BrNO/c1-8-5-6-9(7-12(8)15)16-14(17)13-10-3-2-4-11(10)13/h5-7,10-11,13H,2-4H2,1H3,(H,16,17). The van der Waals surface area contributed by atoms with E-state index in [1.165, 1.54) is 24.8 Å². The van der Waals surface area contributed by atoms with Crippen LogP contribution < -0.4 is 5.32 Å². The van der Waals surface area contributed by atoms with Crippen LogP contribution in [0.1, 0.15) is 24.8 Å². The number of nitrogens with one attached hydrogen (secondary N) is 1. The topological polar surface area (TPSA) is 29.1 Å². The van der Waals surface area contributed by atoms with E-state index in [2.05, 4.69) is 21.2 Å². The summed E-state index contributed by atoms with van der Waals surface area (Å²) in [5.41, 5.74) is 2.09. The quantitative estimate of drug-likeness (QED) is 0.884. The van der Waals surface area contributed by atoms with Gasteiger partial charge in [0.25, 0.3) is 0 Å². The van der Waals surface area contributed by atoms with Crippen LogP contribution in [0, 0.1) is 24.7 Å². The Morgan fingerprint density at radius 3 is 2.71 bits per heavy atom. The highest BCUT2D eigenvalue weighted by Crippen LogP contribution is 2.57. The van der Waals surface area contributed by atoms with Crippen LogP contribution in [-0.4, -0.2) is 5.91 Å². The molecule has 2 aliphatic rings.